The second-order valence-electron chi connectivity index (χ2n) is 8.20. The molecule has 1 aromatic heterocycles. The molecule has 1 aliphatic rings. The molecule has 4 rings (SSSR count). The molecule has 0 bridgehead atoms. The third-order valence-electron chi connectivity index (χ3n) is 5.84. The van der Waals surface area contributed by atoms with Gasteiger partial charge in [0.2, 0.25) is 5.91 Å². The van der Waals surface area contributed by atoms with Crippen LogP contribution in [0.3, 0.4) is 0 Å². The maximum Gasteiger partial charge on any atom is 0.248 e. The topological polar surface area (TPSA) is 76.6 Å². The molecule has 7 nitrogen and oxygen atoms in total. The number of methoxy groups -OCH3 is 2. The van der Waals surface area contributed by atoms with Gasteiger partial charge in [0.05, 0.1) is 19.9 Å². The van der Waals surface area contributed by atoms with E-state index < -0.39 is 0 Å². The minimum absolute atomic E-state index is 0.227. The van der Waals surface area contributed by atoms with Crippen LogP contribution in [0.25, 0.3) is 17.3 Å². The number of carbonyl (C=O) groups is 1. The molecule has 2 aromatic carbocycles. The number of nitrogens with zero attached hydrogens (tertiary/aromatic N) is 3. The molecule has 1 saturated heterocycles. The average Bonchev–Trinajstić information content (AvgIpc) is 3.17. The Morgan fingerprint density at radius 1 is 0.912 bits per heavy atom. The van der Waals surface area contributed by atoms with Gasteiger partial charge in [0.1, 0.15) is 0 Å². The van der Waals surface area contributed by atoms with Crippen LogP contribution in [0.4, 0.5) is 11.5 Å². The largest absolute Gasteiger partial charge is 0.493 e. The van der Waals surface area contributed by atoms with Crippen LogP contribution >= 0.6 is 0 Å². The minimum atomic E-state index is -0.227. The fraction of sp³-hybridized carbons (Fsp3) is 0.296. The summed E-state index contributed by atoms with van der Waals surface area (Å²) in [6.07, 6.45) is 8.18. The molecular formula is C27H30N4O3. The first-order valence-electron chi connectivity index (χ1n) is 11.6. The number of aromatic nitrogens is 2. The Bertz CT molecular complexity index is 1140. The molecule has 1 aliphatic heterocycles. The lowest BCUT2D eigenvalue weighted by molar-refractivity contribution is -0.111. The number of carbonyl (C=O) groups excluding carboxylic acids is 1. The Morgan fingerprint density at radius 2 is 1.71 bits per heavy atom. The number of hydrogen-bond acceptors (Lipinski definition) is 6. The van der Waals surface area contributed by atoms with Crippen molar-refractivity contribution in [2.45, 2.75) is 25.7 Å². The predicted octanol–water partition coefficient (Wildman–Crippen LogP) is 5.19. The van der Waals surface area contributed by atoms with Gasteiger partial charge in [-0.3, -0.25) is 4.79 Å². The average molecular weight is 459 g/mol. The normalized spacial score (nSPS) is 14.0. The van der Waals surface area contributed by atoms with Crippen LogP contribution in [0.1, 0.15) is 31.2 Å². The molecule has 176 valence electrons. The lowest BCUT2D eigenvalue weighted by atomic mass is 10.1. The summed E-state index contributed by atoms with van der Waals surface area (Å²) in [5.41, 5.74) is 3.20. The van der Waals surface area contributed by atoms with E-state index in [-0.39, 0.29) is 5.91 Å². The zero-order valence-electron chi connectivity index (χ0n) is 19.7. The van der Waals surface area contributed by atoms with Gasteiger partial charge in [-0.15, -0.1) is 10.2 Å². The maximum atomic E-state index is 12.5. The minimum Gasteiger partial charge on any atom is -0.493 e. The van der Waals surface area contributed by atoms with Gasteiger partial charge in [0.15, 0.2) is 17.3 Å². The molecule has 0 unspecified atom stereocenters. The summed E-state index contributed by atoms with van der Waals surface area (Å²) in [4.78, 5) is 14.8. The van der Waals surface area contributed by atoms with Crippen molar-refractivity contribution in [3.05, 3.63) is 66.2 Å². The number of hydrogen-bond donors (Lipinski definition) is 1. The molecular weight excluding hydrogens is 428 g/mol. The highest BCUT2D eigenvalue weighted by Gasteiger charge is 2.12. The molecule has 0 atom stereocenters. The zero-order chi connectivity index (χ0) is 23.8. The lowest BCUT2D eigenvalue weighted by Gasteiger charge is -2.20. The van der Waals surface area contributed by atoms with Gasteiger partial charge in [0, 0.05) is 30.4 Å². The number of rotatable bonds is 7. The fourth-order valence-electron chi connectivity index (χ4n) is 4.02. The summed E-state index contributed by atoms with van der Waals surface area (Å²) in [7, 11) is 3.17. The molecule has 1 fully saturated rings. The third kappa shape index (κ3) is 5.92. The van der Waals surface area contributed by atoms with Crippen molar-refractivity contribution in [1.29, 1.82) is 0 Å². The summed E-state index contributed by atoms with van der Waals surface area (Å²) in [5.74, 6) is 1.95. The summed E-state index contributed by atoms with van der Waals surface area (Å²) >= 11 is 0. The third-order valence-corrected chi connectivity index (χ3v) is 5.84. The fourth-order valence-corrected chi connectivity index (χ4v) is 4.02. The highest BCUT2D eigenvalue weighted by Crippen LogP contribution is 2.28. The second-order valence-corrected chi connectivity index (χ2v) is 8.20. The van der Waals surface area contributed by atoms with E-state index in [1.807, 2.05) is 48.5 Å². The van der Waals surface area contributed by atoms with E-state index in [1.54, 1.807) is 26.4 Å². The smallest absolute Gasteiger partial charge is 0.248 e. The highest BCUT2D eigenvalue weighted by molar-refractivity contribution is 6.02. The van der Waals surface area contributed by atoms with Gasteiger partial charge in [-0.05, 0) is 60.9 Å². The molecule has 0 saturated carbocycles. The Hall–Kier alpha value is -3.87. The molecule has 0 spiro atoms. The predicted molar refractivity (Wildman–Crippen MR) is 135 cm³/mol. The van der Waals surface area contributed by atoms with Crippen molar-refractivity contribution >= 4 is 23.5 Å². The monoisotopic (exact) mass is 458 g/mol. The first-order valence-corrected chi connectivity index (χ1v) is 11.6. The molecule has 7 heteroatoms. The van der Waals surface area contributed by atoms with Crippen molar-refractivity contribution < 1.29 is 14.3 Å². The van der Waals surface area contributed by atoms with E-state index in [2.05, 4.69) is 20.4 Å². The van der Waals surface area contributed by atoms with Gasteiger partial charge in [0.25, 0.3) is 0 Å². The van der Waals surface area contributed by atoms with Crippen LogP contribution in [0.15, 0.2) is 60.7 Å². The van der Waals surface area contributed by atoms with E-state index in [1.165, 1.54) is 31.8 Å². The van der Waals surface area contributed by atoms with E-state index in [0.717, 1.165) is 35.7 Å². The van der Waals surface area contributed by atoms with Crippen molar-refractivity contribution in [1.82, 2.24) is 10.2 Å². The van der Waals surface area contributed by atoms with Crippen molar-refractivity contribution in [3.8, 4) is 22.8 Å². The number of ether oxygens (including phenoxy) is 2. The number of nitrogens with one attached hydrogen (secondary N) is 1. The SMILES string of the molecule is COc1ccc(/C=C/C(=O)Nc2cccc(-c3ccc(N4CCCCCC4)nn3)c2)cc1OC. The van der Waals surface area contributed by atoms with Crippen LogP contribution < -0.4 is 19.7 Å². The van der Waals surface area contributed by atoms with Crippen molar-refractivity contribution in [3.63, 3.8) is 0 Å². The summed E-state index contributed by atoms with van der Waals surface area (Å²) < 4.78 is 10.6. The molecule has 1 N–H and O–H groups in total. The number of amides is 1. The van der Waals surface area contributed by atoms with Gasteiger partial charge >= 0.3 is 0 Å². The van der Waals surface area contributed by atoms with Crippen LogP contribution in [-0.4, -0.2) is 43.4 Å². The quantitative estimate of drug-likeness (QED) is 0.491. The Morgan fingerprint density at radius 3 is 2.41 bits per heavy atom. The summed E-state index contributed by atoms with van der Waals surface area (Å²) in [6, 6.07) is 17.1. The van der Waals surface area contributed by atoms with Gasteiger partial charge in [-0.1, -0.05) is 31.0 Å². The summed E-state index contributed by atoms with van der Waals surface area (Å²) in [6.45, 7) is 2.07. The molecule has 2 heterocycles. The van der Waals surface area contributed by atoms with E-state index in [0.29, 0.717) is 17.2 Å². The maximum absolute atomic E-state index is 12.5. The number of anilines is 2. The van der Waals surface area contributed by atoms with Crippen LogP contribution in [0, 0.1) is 0 Å². The van der Waals surface area contributed by atoms with Crippen LogP contribution in [-0.2, 0) is 4.79 Å². The highest BCUT2D eigenvalue weighted by atomic mass is 16.5. The Kier molecular flexibility index (Phi) is 7.75. The van der Waals surface area contributed by atoms with E-state index in [4.69, 9.17) is 9.47 Å². The number of benzene rings is 2. The van der Waals surface area contributed by atoms with Crippen LogP contribution in [0.5, 0.6) is 11.5 Å². The van der Waals surface area contributed by atoms with Gasteiger partial charge in [-0.2, -0.15) is 0 Å². The molecule has 3 aromatic rings. The van der Waals surface area contributed by atoms with Crippen LogP contribution in [0.2, 0.25) is 0 Å². The van der Waals surface area contributed by atoms with Gasteiger partial charge in [-0.25, -0.2) is 0 Å². The Balaban J connectivity index is 1.41. The van der Waals surface area contributed by atoms with Crippen molar-refractivity contribution in [2.75, 3.05) is 37.5 Å². The summed E-state index contributed by atoms with van der Waals surface area (Å²) in [5, 5.41) is 11.8. The first-order chi connectivity index (χ1) is 16.7. The van der Waals surface area contributed by atoms with E-state index >= 15 is 0 Å². The first kappa shape index (κ1) is 23.3. The van der Waals surface area contributed by atoms with Crippen molar-refractivity contribution in [2.24, 2.45) is 0 Å². The standard InChI is InChI=1S/C27H30N4O3/c1-33-24-13-10-20(18-25(24)34-2)11-15-27(32)28-22-9-7-8-21(19-22)23-12-14-26(30-29-23)31-16-5-3-4-6-17-31/h7-15,18-19H,3-6,16-17H2,1-2H3,(H,28,32)/b15-11+. The zero-order valence-corrected chi connectivity index (χ0v) is 19.7. The second kappa shape index (κ2) is 11.3. The molecule has 1 amide bonds. The molecule has 0 aliphatic carbocycles. The molecule has 0 radical (unpaired) electrons. The Labute approximate surface area is 200 Å². The lowest BCUT2D eigenvalue weighted by Crippen LogP contribution is -2.25. The van der Waals surface area contributed by atoms with E-state index in [9.17, 15) is 4.79 Å². The van der Waals surface area contributed by atoms with Gasteiger partial charge < -0.3 is 19.7 Å². The molecule has 34 heavy (non-hydrogen) atoms.